The smallest absolute Gasteiger partial charge is 0.259 e. The van der Waals surface area contributed by atoms with Gasteiger partial charge in [0.2, 0.25) is 0 Å². The number of aliphatic hydroxyl groups is 1. The van der Waals surface area contributed by atoms with Crippen LogP contribution >= 0.6 is 0 Å². The summed E-state index contributed by atoms with van der Waals surface area (Å²) >= 11 is 0. The molecule has 0 saturated carbocycles. The third-order valence-corrected chi connectivity index (χ3v) is 4.62. The fourth-order valence-electron chi connectivity index (χ4n) is 3.31. The molecule has 0 aliphatic carbocycles. The molecule has 1 aromatic heterocycles. The van der Waals surface area contributed by atoms with E-state index in [9.17, 15) is 9.90 Å². The number of hydrogen-bond acceptors (Lipinski definition) is 4. The fourth-order valence-corrected chi connectivity index (χ4v) is 3.31. The summed E-state index contributed by atoms with van der Waals surface area (Å²) in [6.45, 7) is 2.23. The van der Waals surface area contributed by atoms with E-state index in [2.05, 4.69) is 16.9 Å². The number of nitrogens with zero attached hydrogens (tertiary/aromatic N) is 2. The zero-order valence-corrected chi connectivity index (χ0v) is 14.3. The summed E-state index contributed by atoms with van der Waals surface area (Å²) in [5.41, 5.74) is 2.48. The fraction of sp³-hybridized carbons (Fsp3) is 0.150. The molecular weight excluding hydrogens is 328 g/mol. The molecular formula is C20H18N4O2. The van der Waals surface area contributed by atoms with E-state index in [1.54, 1.807) is 29.2 Å². The first kappa shape index (κ1) is 16.1. The van der Waals surface area contributed by atoms with Gasteiger partial charge in [0.15, 0.2) is 0 Å². The van der Waals surface area contributed by atoms with Crippen molar-refractivity contribution < 1.29 is 5.11 Å². The highest BCUT2D eigenvalue weighted by molar-refractivity contribution is 6.30. The monoisotopic (exact) mass is 346 g/mol. The Labute approximate surface area is 150 Å². The van der Waals surface area contributed by atoms with Crippen molar-refractivity contribution >= 4 is 28.0 Å². The Morgan fingerprint density at radius 1 is 1.19 bits per heavy atom. The van der Waals surface area contributed by atoms with E-state index >= 15 is 0 Å². The van der Waals surface area contributed by atoms with Gasteiger partial charge in [0.25, 0.3) is 5.56 Å². The topological polar surface area (TPSA) is 93.1 Å². The van der Waals surface area contributed by atoms with Crippen molar-refractivity contribution in [3.05, 3.63) is 76.0 Å². The van der Waals surface area contributed by atoms with Crippen LogP contribution in [-0.2, 0) is 6.42 Å². The molecule has 3 aromatic rings. The van der Waals surface area contributed by atoms with Crippen LogP contribution in [0.15, 0.2) is 59.1 Å². The number of aliphatic hydroxyl groups excluding tert-OH is 1. The maximum absolute atomic E-state index is 12.3. The number of aromatic nitrogens is 2. The molecule has 4 rings (SSSR count). The number of H-pyrrole nitrogens is 1. The van der Waals surface area contributed by atoms with Gasteiger partial charge in [-0.1, -0.05) is 37.3 Å². The summed E-state index contributed by atoms with van der Waals surface area (Å²) in [4.78, 5) is 21.2. The van der Waals surface area contributed by atoms with Crippen molar-refractivity contribution in [3.63, 3.8) is 0 Å². The highest BCUT2D eigenvalue weighted by Crippen LogP contribution is 2.31. The van der Waals surface area contributed by atoms with Crippen LogP contribution in [0.3, 0.4) is 0 Å². The molecule has 2 heterocycles. The standard InChI is InChI=1S/C20H18N4O2/c1-2-12-7-3-6-10-15(12)24-11-16(25)17(18(24)21)19-22-14-9-5-4-8-13(14)20(26)23-19/h3-10,21,25H,2,11H2,1H3,(H,22,23,26). The Balaban J connectivity index is 1.80. The minimum absolute atomic E-state index is 0.0272. The molecule has 130 valence electrons. The Morgan fingerprint density at radius 3 is 2.73 bits per heavy atom. The van der Waals surface area contributed by atoms with Gasteiger partial charge in [0, 0.05) is 5.69 Å². The predicted octanol–water partition coefficient (Wildman–Crippen LogP) is 3.25. The summed E-state index contributed by atoms with van der Waals surface area (Å²) in [7, 11) is 0. The molecule has 0 saturated heterocycles. The second-order valence-corrected chi connectivity index (χ2v) is 6.17. The maximum Gasteiger partial charge on any atom is 0.259 e. The molecule has 6 nitrogen and oxygen atoms in total. The molecule has 0 unspecified atom stereocenters. The SMILES string of the molecule is CCc1ccccc1N1CC(O)=C(c2nc3ccccc3c(=O)[nH]2)C1=N. The number of rotatable bonds is 3. The molecule has 0 bridgehead atoms. The molecule has 0 radical (unpaired) electrons. The lowest BCUT2D eigenvalue weighted by atomic mass is 10.1. The van der Waals surface area contributed by atoms with Gasteiger partial charge in [-0.2, -0.15) is 0 Å². The highest BCUT2D eigenvalue weighted by atomic mass is 16.3. The lowest BCUT2D eigenvalue weighted by molar-refractivity contribution is 0.411. The van der Waals surface area contributed by atoms with Gasteiger partial charge in [-0.05, 0) is 30.2 Å². The van der Waals surface area contributed by atoms with Gasteiger partial charge in [-0.25, -0.2) is 4.98 Å². The van der Waals surface area contributed by atoms with Gasteiger partial charge in [-0.3, -0.25) is 10.2 Å². The van der Waals surface area contributed by atoms with Gasteiger partial charge >= 0.3 is 0 Å². The Kier molecular flexibility index (Phi) is 3.80. The van der Waals surface area contributed by atoms with Crippen molar-refractivity contribution in [2.45, 2.75) is 13.3 Å². The van der Waals surface area contributed by atoms with E-state index in [0.29, 0.717) is 10.9 Å². The summed E-state index contributed by atoms with van der Waals surface area (Å²) in [5, 5.41) is 19.6. The molecule has 0 atom stereocenters. The zero-order valence-electron chi connectivity index (χ0n) is 14.3. The first-order valence-corrected chi connectivity index (χ1v) is 8.46. The number of fused-ring (bicyclic) bond motifs is 1. The van der Waals surface area contributed by atoms with Gasteiger partial charge < -0.3 is 15.0 Å². The maximum atomic E-state index is 12.3. The predicted molar refractivity (Wildman–Crippen MR) is 103 cm³/mol. The van der Waals surface area contributed by atoms with Crippen molar-refractivity contribution in [2.75, 3.05) is 11.4 Å². The minimum Gasteiger partial charge on any atom is -0.509 e. The number of amidine groups is 1. The third kappa shape index (κ3) is 2.47. The van der Waals surface area contributed by atoms with E-state index in [1.165, 1.54) is 0 Å². The first-order valence-electron chi connectivity index (χ1n) is 8.46. The Bertz CT molecular complexity index is 1110. The second-order valence-electron chi connectivity index (χ2n) is 6.17. The second kappa shape index (κ2) is 6.15. The van der Waals surface area contributed by atoms with Gasteiger partial charge in [0.1, 0.15) is 17.4 Å². The number of nitrogens with one attached hydrogen (secondary N) is 2. The average Bonchev–Trinajstić information content (AvgIpc) is 2.95. The molecule has 26 heavy (non-hydrogen) atoms. The molecule has 1 aliphatic heterocycles. The van der Waals surface area contributed by atoms with Crippen molar-refractivity contribution in [2.24, 2.45) is 0 Å². The van der Waals surface area contributed by atoms with Gasteiger partial charge in [0.05, 0.1) is 23.0 Å². The summed E-state index contributed by atoms with van der Waals surface area (Å²) in [6.07, 6.45) is 0.821. The Hall–Kier alpha value is -3.41. The van der Waals surface area contributed by atoms with Crippen molar-refractivity contribution in [1.82, 2.24) is 9.97 Å². The summed E-state index contributed by atoms with van der Waals surface area (Å²) in [6, 6.07) is 14.8. The molecule has 6 heteroatoms. The number of aromatic amines is 1. The normalized spacial score (nSPS) is 14.5. The van der Waals surface area contributed by atoms with E-state index in [0.717, 1.165) is 17.7 Å². The highest BCUT2D eigenvalue weighted by Gasteiger charge is 2.31. The lowest BCUT2D eigenvalue weighted by Gasteiger charge is -2.21. The van der Waals surface area contributed by atoms with Crippen LogP contribution in [0.4, 0.5) is 5.69 Å². The molecule has 2 aromatic carbocycles. The molecule has 0 spiro atoms. The van der Waals surface area contributed by atoms with E-state index in [-0.39, 0.29) is 35.1 Å². The molecule has 1 aliphatic rings. The van der Waals surface area contributed by atoms with Crippen LogP contribution in [-0.4, -0.2) is 27.5 Å². The third-order valence-electron chi connectivity index (χ3n) is 4.62. The van der Waals surface area contributed by atoms with E-state index in [1.807, 2.05) is 24.3 Å². The van der Waals surface area contributed by atoms with Crippen LogP contribution in [0.5, 0.6) is 0 Å². The quantitative estimate of drug-likeness (QED) is 0.679. The van der Waals surface area contributed by atoms with Crippen LogP contribution < -0.4 is 10.5 Å². The Morgan fingerprint density at radius 2 is 1.92 bits per heavy atom. The van der Waals surface area contributed by atoms with Crippen LogP contribution in [0.2, 0.25) is 0 Å². The zero-order chi connectivity index (χ0) is 18.3. The van der Waals surface area contributed by atoms with Crippen LogP contribution in [0.25, 0.3) is 16.5 Å². The minimum atomic E-state index is -0.286. The van der Waals surface area contributed by atoms with Crippen molar-refractivity contribution in [3.8, 4) is 0 Å². The average molecular weight is 346 g/mol. The number of benzene rings is 2. The summed E-state index contributed by atoms with van der Waals surface area (Å²) in [5.74, 6) is 0.369. The lowest BCUT2D eigenvalue weighted by Crippen LogP contribution is -2.27. The molecule has 0 amide bonds. The van der Waals surface area contributed by atoms with Gasteiger partial charge in [-0.15, -0.1) is 0 Å². The first-order chi connectivity index (χ1) is 12.6. The molecule has 3 N–H and O–H groups in total. The summed E-state index contributed by atoms with van der Waals surface area (Å²) < 4.78 is 0. The number of anilines is 1. The number of aryl methyl sites for hydroxylation is 1. The number of para-hydroxylation sites is 2. The van der Waals surface area contributed by atoms with Crippen LogP contribution in [0.1, 0.15) is 18.3 Å². The van der Waals surface area contributed by atoms with E-state index in [4.69, 9.17) is 5.41 Å². The number of hydrogen-bond donors (Lipinski definition) is 3. The molecule has 0 fully saturated rings. The largest absolute Gasteiger partial charge is 0.509 e. The van der Waals surface area contributed by atoms with Crippen LogP contribution in [0, 0.1) is 5.41 Å². The van der Waals surface area contributed by atoms with E-state index < -0.39 is 0 Å². The van der Waals surface area contributed by atoms with Crippen molar-refractivity contribution in [1.29, 1.82) is 5.41 Å².